The lowest BCUT2D eigenvalue weighted by molar-refractivity contribution is -0.119. The summed E-state index contributed by atoms with van der Waals surface area (Å²) in [6, 6.07) is 7.57. The van der Waals surface area contributed by atoms with Crippen molar-refractivity contribution in [2.45, 2.75) is 20.3 Å². The average molecular weight is 290 g/mol. The van der Waals surface area contributed by atoms with E-state index in [0.29, 0.717) is 19.7 Å². The van der Waals surface area contributed by atoms with Gasteiger partial charge in [-0.1, -0.05) is 25.1 Å². The molecule has 5 heteroatoms. The van der Waals surface area contributed by atoms with Gasteiger partial charge in [0.25, 0.3) is 0 Å². The number of hydrogen-bond donors (Lipinski definition) is 2. The van der Waals surface area contributed by atoms with Crippen LogP contribution < -0.4 is 15.4 Å². The molecule has 5 nitrogen and oxygen atoms in total. The Morgan fingerprint density at radius 1 is 1.19 bits per heavy atom. The lowest BCUT2D eigenvalue weighted by Crippen LogP contribution is -2.32. The van der Waals surface area contributed by atoms with Crippen LogP contribution >= 0.6 is 0 Å². The molecule has 0 aliphatic carbocycles. The molecule has 0 aromatic heterocycles. The van der Waals surface area contributed by atoms with Gasteiger partial charge >= 0.3 is 0 Å². The van der Waals surface area contributed by atoms with E-state index < -0.39 is 0 Å². The van der Waals surface area contributed by atoms with Crippen molar-refractivity contribution in [3.05, 3.63) is 35.9 Å². The van der Waals surface area contributed by atoms with E-state index in [1.165, 1.54) is 13.0 Å². The van der Waals surface area contributed by atoms with Gasteiger partial charge in [-0.05, 0) is 18.6 Å². The predicted octanol–water partition coefficient (Wildman–Crippen LogP) is 1.74. The first-order valence-corrected chi connectivity index (χ1v) is 7.05. The summed E-state index contributed by atoms with van der Waals surface area (Å²) < 4.78 is 5.61. The Labute approximate surface area is 125 Å². The molecule has 0 spiro atoms. The molecule has 0 atom stereocenters. The highest BCUT2D eigenvalue weighted by atomic mass is 16.5. The normalized spacial score (nSPS) is 10.4. The zero-order chi connectivity index (χ0) is 15.5. The molecule has 1 aromatic rings. The Balaban J connectivity index is 2.48. The molecule has 2 amide bonds. The quantitative estimate of drug-likeness (QED) is 0.566. The summed E-state index contributed by atoms with van der Waals surface area (Å²) in [5.74, 6) is 0.453. The number of amides is 2. The van der Waals surface area contributed by atoms with Crippen molar-refractivity contribution in [3.63, 3.8) is 0 Å². The zero-order valence-corrected chi connectivity index (χ0v) is 12.5. The summed E-state index contributed by atoms with van der Waals surface area (Å²) in [6.07, 6.45) is 4.11. The topological polar surface area (TPSA) is 67.4 Å². The maximum absolute atomic E-state index is 11.6. The van der Waals surface area contributed by atoms with Crippen LogP contribution in [-0.4, -0.2) is 31.5 Å². The van der Waals surface area contributed by atoms with Crippen LogP contribution in [0.25, 0.3) is 6.08 Å². The molecule has 1 rings (SSSR count). The summed E-state index contributed by atoms with van der Waals surface area (Å²) in [5, 5.41) is 5.30. The van der Waals surface area contributed by atoms with Gasteiger partial charge in [-0.25, -0.2) is 0 Å². The van der Waals surface area contributed by atoms with Gasteiger partial charge in [-0.15, -0.1) is 0 Å². The number of benzene rings is 1. The molecular formula is C16H22N2O3. The largest absolute Gasteiger partial charge is 0.493 e. The molecular weight excluding hydrogens is 268 g/mol. The third-order valence-electron chi connectivity index (χ3n) is 2.59. The van der Waals surface area contributed by atoms with Crippen molar-refractivity contribution in [1.82, 2.24) is 10.6 Å². The zero-order valence-electron chi connectivity index (χ0n) is 12.5. The fourth-order valence-corrected chi connectivity index (χ4v) is 1.61. The van der Waals surface area contributed by atoms with E-state index >= 15 is 0 Å². The number of carbonyl (C=O) groups is 2. The number of hydrogen-bond acceptors (Lipinski definition) is 3. The first kappa shape index (κ1) is 16.8. The summed E-state index contributed by atoms with van der Waals surface area (Å²) in [5.41, 5.74) is 0.864. The van der Waals surface area contributed by atoms with Crippen molar-refractivity contribution in [1.29, 1.82) is 0 Å². The molecule has 0 bridgehead atoms. The van der Waals surface area contributed by atoms with Crippen LogP contribution in [0.4, 0.5) is 0 Å². The minimum Gasteiger partial charge on any atom is -0.493 e. The van der Waals surface area contributed by atoms with Crippen molar-refractivity contribution >= 4 is 17.9 Å². The van der Waals surface area contributed by atoms with E-state index in [0.717, 1.165) is 17.7 Å². The molecule has 114 valence electrons. The molecule has 0 fully saturated rings. The van der Waals surface area contributed by atoms with Crippen molar-refractivity contribution in [2.24, 2.45) is 0 Å². The van der Waals surface area contributed by atoms with E-state index in [2.05, 4.69) is 10.6 Å². The molecule has 0 saturated carbocycles. The molecule has 1 aromatic carbocycles. The lowest BCUT2D eigenvalue weighted by Gasteiger charge is -2.07. The Morgan fingerprint density at radius 2 is 1.90 bits per heavy atom. The molecule has 2 N–H and O–H groups in total. The van der Waals surface area contributed by atoms with Crippen LogP contribution in [0, 0.1) is 0 Å². The van der Waals surface area contributed by atoms with E-state index in [9.17, 15) is 9.59 Å². The van der Waals surface area contributed by atoms with Crippen molar-refractivity contribution in [3.8, 4) is 5.75 Å². The van der Waals surface area contributed by atoms with E-state index in [-0.39, 0.29) is 11.8 Å². The SMILES string of the molecule is CCCOc1ccccc1/C=C/C(=O)NCCNC(C)=O. The summed E-state index contributed by atoms with van der Waals surface area (Å²) >= 11 is 0. The highest BCUT2D eigenvalue weighted by molar-refractivity contribution is 5.92. The molecule has 0 radical (unpaired) electrons. The summed E-state index contributed by atoms with van der Waals surface area (Å²) in [4.78, 5) is 22.3. The highest BCUT2D eigenvalue weighted by Gasteiger charge is 2.00. The number of rotatable bonds is 8. The highest BCUT2D eigenvalue weighted by Crippen LogP contribution is 2.19. The van der Waals surface area contributed by atoms with Gasteiger partial charge in [-0.2, -0.15) is 0 Å². The molecule has 0 heterocycles. The molecule has 21 heavy (non-hydrogen) atoms. The van der Waals surface area contributed by atoms with Crippen molar-refractivity contribution in [2.75, 3.05) is 19.7 Å². The van der Waals surface area contributed by atoms with Gasteiger partial charge in [0.15, 0.2) is 0 Å². The van der Waals surface area contributed by atoms with E-state index in [1.54, 1.807) is 6.08 Å². The van der Waals surface area contributed by atoms with Gasteiger partial charge in [0.2, 0.25) is 11.8 Å². The van der Waals surface area contributed by atoms with Crippen LogP contribution in [0.15, 0.2) is 30.3 Å². The van der Waals surface area contributed by atoms with Crippen LogP contribution in [0.5, 0.6) is 5.75 Å². The summed E-state index contributed by atoms with van der Waals surface area (Å²) in [7, 11) is 0. The second-order valence-electron chi connectivity index (χ2n) is 4.49. The van der Waals surface area contributed by atoms with Gasteiger partial charge in [-0.3, -0.25) is 9.59 Å². The first-order valence-electron chi connectivity index (χ1n) is 7.05. The molecule has 0 saturated heterocycles. The van der Waals surface area contributed by atoms with Gasteiger partial charge in [0, 0.05) is 31.7 Å². The Morgan fingerprint density at radius 3 is 2.62 bits per heavy atom. The predicted molar refractivity (Wildman–Crippen MR) is 83.0 cm³/mol. The Bertz CT molecular complexity index is 498. The fraction of sp³-hybridized carbons (Fsp3) is 0.375. The first-order chi connectivity index (χ1) is 10.1. The average Bonchev–Trinajstić information content (AvgIpc) is 2.48. The molecule has 0 aliphatic rings. The van der Waals surface area contributed by atoms with Crippen molar-refractivity contribution < 1.29 is 14.3 Å². The minimum absolute atomic E-state index is 0.109. The Kier molecular flexibility index (Phi) is 7.64. The standard InChI is InChI=1S/C16H22N2O3/c1-3-12-21-15-7-5-4-6-14(15)8-9-16(20)18-11-10-17-13(2)19/h4-9H,3,10-12H2,1-2H3,(H,17,19)(H,18,20)/b9-8+. The maximum Gasteiger partial charge on any atom is 0.244 e. The van der Waals surface area contributed by atoms with E-state index in [4.69, 9.17) is 4.74 Å². The number of para-hydroxylation sites is 1. The van der Waals surface area contributed by atoms with Gasteiger partial charge in [0.1, 0.15) is 5.75 Å². The molecule has 0 unspecified atom stereocenters. The maximum atomic E-state index is 11.6. The number of nitrogens with one attached hydrogen (secondary N) is 2. The second-order valence-corrected chi connectivity index (χ2v) is 4.49. The molecule has 0 aliphatic heterocycles. The third kappa shape index (κ3) is 7.15. The van der Waals surface area contributed by atoms with Gasteiger partial charge in [0.05, 0.1) is 6.61 Å². The van der Waals surface area contributed by atoms with Gasteiger partial charge < -0.3 is 15.4 Å². The lowest BCUT2D eigenvalue weighted by atomic mass is 10.2. The number of ether oxygens (including phenoxy) is 1. The van der Waals surface area contributed by atoms with Crippen LogP contribution in [-0.2, 0) is 9.59 Å². The second kappa shape index (κ2) is 9.58. The summed E-state index contributed by atoms with van der Waals surface area (Å²) in [6.45, 7) is 4.95. The van der Waals surface area contributed by atoms with E-state index in [1.807, 2.05) is 31.2 Å². The number of carbonyl (C=O) groups excluding carboxylic acids is 2. The van der Waals surface area contributed by atoms with Crippen LogP contribution in [0.2, 0.25) is 0 Å². The fourth-order valence-electron chi connectivity index (χ4n) is 1.61. The monoisotopic (exact) mass is 290 g/mol. The third-order valence-corrected chi connectivity index (χ3v) is 2.59. The Hall–Kier alpha value is -2.30. The smallest absolute Gasteiger partial charge is 0.244 e. The minimum atomic E-state index is -0.203. The van der Waals surface area contributed by atoms with Crippen LogP contribution in [0.1, 0.15) is 25.8 Å². The van der Waals surface area contributed by atoms with Crippen LogP contribution in [0.3, 0.4) is 0 Å².